The maximum Gasteiger partial charge on any atom is 0.338 e. The molecule has 2 N–H and O–H groups in total. The fourth-order valence-corrected chi connectivity index (χ4v) is 3.38. The molecule has 2 aromatic carbocycles. The van der Waals surface area contributed by atoms with Gasteiger partial charge in [-0.1, -0.05) is 24.3 Å². The summed E-state index contributed by atoms with van der Waals surface area (Å²) in [5.74, 6) is 0.131. The molecule has 3 rings (SSSR count). The molecule has 0 fully saturated rings. The van der Waals surface area contributed by atoms with E-state index >= 15 is 0 Å². The van der Waals surface area contributed by atoms with Crippen LogP contribution in [0.25, 0.3) is 0 Å². The molecule has 2 aromatic rings. The smallest absolute Gasteiger partial charge is 0.338 e. The van der Waals surface area contributed by atoms with Gasteiger partial charge in [0.2, 0.25) is 5.88 Å². The van der Waals surface area contributed by atoms with Gasteiger partial charge in [-0.05, 0) is 57.0 Å². The Labute approximate surface area is 176 Å². The minimum Gasteiger partial charge on any atom is -0.463 e. The number of nitrogens with zero attached hydrogens (tertiary/aromatic N) is 1. The van der Waals surface area contributed by atoms with Crippen LogP contribution >= 0.6 is 0 Å². The van der Waals surface area contributed by atoms with Gasteiger partial charge in [0.15, 0.2) is 0 Å². The second-order valence-corrected chi connectivity index (χ2v) is 7.00. The van der Waals surface area contributed by atoms with Crippen molar-refractivity contribution in [1.29, 1.82) is 5.26 Å². The molecular formula is C24H24N2O4. The van der Waals surface area contributed by atoms with E-state index in [0.717, 1.165) is 11.1 Å². The van der Waals surface area contributed by atoms with Gasteiger partial charge in [-0.15, -0.1) is 0 Å². The second-order valence-electron chi connectivity index (χ2n) is 7.00. The van der Waals surface area contributed by atoms with Gasteiger partial charge in [0, 0.05) is 5.56 Å². The van der Waals surface area contributed by atoms with Crippen molar-refractivity contribution in [3.63, 3.8) is 0 Å². The SMILES string of the molecule is CCOC(=O)C1=C(C)OC(N)=C(C#N)C1c1ccccc1Oc1ccc(C)c(C)c1. The Balaban J connectivity index is 2.13. The van der Waals surface area contributed by atoms with Crippen LogP contribution in [0.5, 0.6) is 11.5 Å². The van der Waals surface area contributed by atoms with E-state index in [2.05, 4.69) is 6.07 Å². The molecule has 0 saturated heterocycles. The highest BCUT2D eigenvalue weighted by molar-refractivity contribution is 5.92. The molecule has 1 heterocycles. The van der Waals surface area contributed by atoms with Crippen LogP contribution in [0.15, 0.2) is 65.3 Å². The number of esters is 1. The molecule has 0 aliphatic carbocycles. The normalized spacial score (nSPS) is 16.0. The monoisotopic (exact) mass is 404 g/mol. The van der Waals surface area contributed by atoms with Gasteiger partial charge >= 0.3 is 5.97 Å². The number of hydrogen-bond acceptors (Lipinski definition) is 6. The quantitative estimate of drug-likeness (QED) is 0.723. The highest BCUT2D eigenvalue weighted by Crippen LogP contribution is 2.43. The second kappa shape index (κ2) is 8.75. The van der Waals surface area contributed by atoms with Crippen LogP contribution in [-0.4, -0.2) is 12.6 Å². The number of carbonyl (C=O) groups excluding carboxylic acids is 1. The lowest BCUT2D eigenvalue weighted by atomic mass is 9.82. The number of nitriles is 1. The maximum atomic E-state index is 12.7. The van der Waals surface area contributed by atoms with Crippen molar-refractivity contribution in [2.24, 2.45) is 5.73 Å². The number of para-hydroxylation sites is 1. The molecule has 154 valence electrons. The van der Waals surface area contributed by atoms with Crippen LogP contribution in [0.3, 0.4) is 0 Å². The Morgan fingerprint density at radius 2 is 1.90 bits per heavy atom. The predicted molar refractivity (Wildman–Crippen MR) is 112 cm³/mol. The van der Waals surface area contributed by atoms with Gasteiger partial charge in [-0.2, -0.15) is 5.26 Å². The van der Waals surface area contributed by atoms with Crippen molar-refractivity contribution >= 4 is 5.97 Å². The number of nitrogens with two attached hydrogens (primary N) is 1. The Kier molecular flexibility index (Phi) is 6.12. The number of ether oxygens (including phenoxy) is 3. The minimum atomic E-state index is -0.759. The van der Waals surface area contributed by atoms with Crippen molar-refractivity contribution < 1.29 is 19.0 Å². The van der Waals surface area contributed by atoms with Gasteiger partial charge in [-0.3, -0.25) is 0 Å². The third kappa shape index (κ3) is 4.01. The molecule has 6 heteroatoms. The molecule has 1 aliphatic heterocycles. The molecule has 6 nitrogen and oxygen atoms in total. The summed E-state index contributed by atoms with van der Waals surface area (Å²) in [6, 6.07) is 15.2. The third-order valence-electron chi connectivity index (χ3n) is 5.04. The van der Waals surface area contributed by atoms with Crippen molar-refractivity contribution in [3.05, 3.63) is 81.9 Å². The van der Waals surface area contributed by atoms with Crippen LogP contribution in [0.2, 0.25) is 0 Å². The Morgan fingerprint density at radius 3 is 2.57 bits per heavy atom. The largest absolute Gasteiger partial charge is 0.463 e. The summed E-state index contributed by atoms with van der Waals surface area (Å²) in [4.78, 5) is 12.7. The average molecular weight is 404 g/mol. The lowest BCUT2D eigenvalue weighted by molar-refractivity contribution is -0.139. The fraction of sp³-hybridized carbons (Fsp3) is 0.250. The molecule has 1 unspecified atom stereocenters. The van der Waals surface area contributed by atoms with Gasteiger partial charge < -0.3 is 19.9 Å². The summed E-state index contributed by atoms with van der Waals surface area (Å²) >= 11 is 0. The van der Waals surface area contributed by atoms with Crippen molar-refractivity contribution in [2.75, 3.05) is 6.61 Å². The van der Waals surface area contributed by atoms with Crippen LogP contribution in [-0.2, 0) is 14.3 Å². The molecule has 1 atom stereocenters. The fourth-order valence-electron chi connectivity index (χ4n) is 3.38. The van der Waals surface area contributed by atoms with E-state index in [1.165, 1.54) is 0 Å². The zero-order chi connectivity index (χ0) is 21.8. The molecule has 0 amide bonds. The molecule has 1 aliphatic rings. The number of hydrogen-bond donors (Lipinski definition) is 1. The number of allylic oxidation sites excluding steroid dienone is 2. The summed E-state index contributed by atoms with van der Waals surface area (Å²) < 4.78 is 16.9. The van der Waals surface area contributed by atoms with E-state index in [-0.39, 0.29) is 23.6 Å². The Bertz CT molecular complexity index is 1090. The number of rotatable bonds is 5. The molecule has 0 spiro atoms. The van der Waals surface area contributed by atoms with E-state index in [0.29, 0.717) is 22.8 Å². The molecular weight excluding hydrogens is 380 g/mol. The first-order valence-corrected chi connectivity index (χ1v) is 9.66. The average Bonchev–Trinajstić information content (AvgIpc) is 2.71. The lowest BCUT2D eigenvalue weighted by Gasteiger charge is -2.28. The predicted octanol–water partition coefficient (Wildman–Crippen LogP) is 4.74. The molecule has 0 aromatic heterocycles. The molecule has 30 heavy (non-hydrogen) atoms. The number of aryl methyl sites for hydroxylation is 2. The van der Waals surface area contributed by atoms with Crippen molar-refractivity contribution in [2.45, 2.75) is 33.6 Å². The molecule has 0 saturated carbocycles. The minimum absolute atomic E-state index is 0.0333. The number of carbonyl (C=O) groups is 1. The Hall–Kier alpha value is -3.72. The summed E-state index contributed by atoms with van der Waals surface area (Å²) in [5.41, 5.74) is 9.25. The maximum absolute atomic E-state index is 12.7. The van der Waals surface area contributed by atoms with Crippen LogP contribution in [0, 0.1) is 25.2 Å². The van der Waals surface area contributed by atoms with Gasteiger partial charge in [0.25, 0.3) is 0 Å². The standard InChI is InChI=1S/C24H24N2O4/c1-5-28-24(27)21-16(4)29-23(26)19(13-25)22(21)18-8-6-7-9-20(18)30-17-11-10-14(2)15(3)12-17/h6-12,22H,5,26H2,1-4H3. The number of benzene rings is 2. The van der Waals surface area contributed by atoms with E-state index < -0.39 is 11.9 Å². The third-order valence-corrected chi connectivity index (χ3v) is 5.04. The topological polar surface area (TPSA) is 94.6 Å². The summed E-state index contributed by atoms with van der Waals surface area (Å²) in [7, 11) is 0. The summed E-state index contributed by atoms with van der Waals surface area (Å²) in [5, 5.41) is 9.77. The van der Waals surface area contributed by atoms with Crippen LogP contribution < -0.4 is 10.5 Å². The van der Waals surface area contributed by atoms with Crippen LogP contribution in [0.4, 0.5) is 0 Å². The van der Waals surface area contributed by atoms with E-state index in [1.54, 1.807) is 19.9 Å². The first-order chi connectivity index (χ1) is 14.4. The zero-order valence-electron chi connectivity index (χ0n) is 17.5. The van der Waals surface area contributed by atoms with Crippen LogP contribution in [0.1, 0.15) is 36.5 Å². The van der Waals surface area contributed by atoms with E-state index in [4.69, 9.17) is 19.9 Å². The summed E-state index contributed by atoms with van der Waals surface area (Å²) in [6.45, 7) is 7.59. The Morgan fingerprint density at radius 1 is 1.17 bits per heavy atom. The molecule has 0 radical (unpaired) electrons. The summed E-state index contributed by atoms with van der Waals surface area (Å²) in [6.07, 6.45) is 0. The zero-order valence-corrected chi connectivity index (χ0v) is 17.5. The van der Waals surface area contributed by atoms with Crippen molar-refractivity contribution in [3.8, 4) is 17.6 Å². The highest BCUT2D eigenvalue weighted by atomic mass is 16.5. The lowest BCUT2D eigenvalue weighted by Crippen LogP contribution is -2.25. The van der Waals surface area contributed by atoms with Gasteiger partial charge in [0.05, 0.1) is 18.1 Å². The first-order valence-electron chi connectivity index (χ1n) is 9.66. The van der Waals surface area contributed by atoms with Crippen molar-refractivity contribution in [1.82, 2.24) is 0 Å². The van der Waals surface area contributed by atoms with E-state index in [1.807, 2.05) is 50.2 Å². The highest BCUT2D eigenvalue weighted by Gasteiger charge is 2.37. The first kappa shape index (κ1) is 21.0. The van der Waals surface area contributed by atoms with Gasteiger partial charge in [-0.25, -0.2) is 4.79 Å². The van der Waals surface area contributed by atoms with E-state index in [9.17, 15) is 10.1 Å². The van der Waals surface area contributed by atoms with Gasteiger partial charge in [0.1, 0.15) is 28.9 Å². The molecule has 0 bridgehead atoms.